The number of thiazole rings is 1. The molecule has 1 aliphatic carbocycles. The molecule has 0 bridgehead atoms. The van der Waals surface area contributed by atoms with Gasteiger partial charge in [0.05, 0.1) is 18.8 Å². The van der Waals surface area contributed by atoms with E-state index in [9.17, 15) is 14.4 Å². The topological polar surface area (TPSA) is 118 Å². The van der Waals surface area contributed by atoms with Gasteiger partial charge in [-0.1, -0.05) is 59.9 Å². The average molecular weight is 494 g/mol. The third kappa shape index (κ3) is 4.50. The summed E-state index contributed by atoms with van der Waals surface area (Å²) in [7, 11) is 0. The Bertz CT molecular complexity index is 1260. The SMILES string of the molecule is Cc1nc(NC(=O)OCC2c3ccccc3-c3ccccc32)sc1C(=O)N1CCOC(C(=O)O)C1. The summed E-state index contributed by atoms with van der Waals surface area (Å²) in [5.41, 5.74) is 4.97. The number of amides is 2. The molecule has 2 amide bonds. The number of carbonyl (C=O) groups excluding carboxylic acids is 2. The van der Waals surface area contributed by atoms with Gasteiger partial charge < -0.3 is 19.5 Å². The molecule has 1 saturated heterocycles. The van der Waals surface area contributed by atoms with Gasteiger partial charge in [0, 0.05) is 12.5 Å². The second kappa shape index (κ2) is 9.47. The Morgan fingerprint density at radius 1 is 1.14 bits per heavy atom. The van der Waals surface area contributed by atoms with E-state index in [1.807, 2.05) is 36.4 Å². The van der Waals surface area contributed by atoms with E-state index in [0.29, 0.717) is 10.6 Å². The fraction of sp³-hybridized carbons (Fsp3) is 0.280. The Balaban J connectivity index is 1.24. The first-order valence-corrected chi connectivity index (χ1v) is 12.0. The van der Waals surface area contributed by atoms with Crippen molar-refractivity contribution in [3.8, 4) is 11.1 Å². The van der Waals surface area contributed by atoms with E-state index < -0.39 is 18.2 Å². The highest BCUT2D eigenvalue weighted by Crippen LogP contribution is 2.44. The number of carboxylic acid groups (broad SMARTS) is 1. The predicted octanol–water partition coefficient (Wildman–Crippen LogP) is 3.74. The van der Waals surface area contributed by atoms with Crippen molar-refractivity contribution in [3.05, 3.63) is 70.2 Å². The Morgan fingerprint density at radius 3 is 2.46 bits per heavy atom. The molecule has 0 saturated carbocycles. The van der Waals surface area contributed by atoms with Crippen LogP contribution < -0.4 is 5.32 Å². The number of aromatic nitrogens is 1. The third-order valence-corrected chi connectivity index (χ3v) is 7.23. The molecule has 3 aromatic rings. The largest absolute Gasteiger partial charge is 0.479 e. The van der Waals surface area contributed by atoms with Crippen LogP contribution in [0.1, 0.15) is 32.4 Å². The molecule has 1 atom stereocenters. The number of hydrogen-bond donors (Lipinski definition) is 2. The number of aliphatic carboxylic acids is 1. The molecule has 2 heterocycles. The first-order chi connectivity index (χ1) is 16.9. The zero-order chi connectivity index (χ0) is 24.5. The van der Waals surface area contributed by atoms with Crippen molar-refractivity contribution in [2.75, 3.05) is 31.6 Å². The molecule has 1 aliphatic heterocycles. The zero-order valence-corrected chi connectivity index (χ0v) is 19.7. The van der Waals surface area contributed by atoms with Gasteiger partial charge >= 0.3 is 12.1 Å². The quantitative estimate of drug-likeness (QED) is 0.556. The minimum atomic E-state index is -1.11. The van der Waals surface area contributed by atoms with Gasteiger partial charge in [0.15, 0.2) is 11.2 Å². The van der Waals surface area contributed by atoms with Crippen LogP contribution in [0, 0.1) is 6.92 Å². The van der Waals surface area contributed by atoms with E-state index in [1.54, 1.807) is 6.92 Å². The first kappa shape index (κ1) is 23.0. The number of ether oxygens (including phenoxy) is 2. The number of carbonyl (C=O) groups is 3. The highest BCUT2D eigenvalue weighted by atomic mass is 32.1. The minimum Gasteiger partial charge on any atom is -0.479 e. The number of rotatable bonds is 5. The Kier molecular flexibility index (Phi) is 6.23. The maximum absolute atomic E-state index is 12.9. The molecule has 5 rings (SSSR count). The minimum absolute atomic E-state index is 0.0410. The average Bonchev–Trinajstić information content (AvgIpc) is 3.39. The van der Waals surface area contributed by atoms with Gasteiger partial charge in [-0.3, -0.25) is 10.1 Å². The summed E-state index contributed by atoms with van der Waals surface area (Å²) >= 11 is 1.03. The van der Waals surface area contributed by atoms with Crippen LogP contribution in [0.5, 0.6) is 0 Å². The number of anilines is 1. The van der Waals surface area contributed by atoms with Gasteiger partial charge in [0.1, 0.15) is 11.5 Å². The van der Waals surface area contributed by atoms with Gasteiger partial charge in [-0.05, 0) is 29.2 Å². The molecule has 0 radical (unpaired) electrons. The van der Waals surface area contributed by atoms with Crippen molar-refractivity contribution in [2.24, 2.45) is 0 Å². The zero-order valence-electron chi connectivity index (χ0n) is 18.9. The maximum atomic E-state index is 12.9. The lowest BCUT2D eigenvalue weighted by atomic mass is 9.98. The number of carboxylic acids is 1. The first-order valence-electron chi connectivity index (χ1n) is 11.2. The normalized spacial score (nSPS) is 16.9. The second-order valence-corrected chi connectivity index (χ2v) is 9.33. The lowest BCUT2D eigenvalue weighted by Gasteiger charge is -2.30. The molecule has 2 aliphatic rings. The van der Waals surface area contributed by atoms with Crippen molar-refractivity contribution in [2.45, 2.75) is 18.9 Å². The summed E-state index contributed by atoms with van der Waals surface area (Å²) in [6.45, 7) is 2.23. The molecule has 1 fully saturated rings. The maximum Gasteiger partial charge on any atom is 0.413 e. The molecule has 180 valence electrons. The van der Waals surface area contributed by atoms with Crippen molar-refractivity contribution in [1.29, 1.82) is 0 Å². The number of fused-ring (bicyclic) bond motifs is 3. The van der Waals surface area contributed by atoms with E-state index in [4.69, 9.17) is 14.6 Å². The summed E-state index contributed by atoms with van der Waals surface area (Å²) < 4.78 is 10.7. The summed E-state index contributed by atoms with van der Waals surface area (Å²) in [5, 5.41) is 12.0. The number of nitrogens with one attached hydrogen (secondary N) is 1. The molecule has 0 spiro atoms. The van der Waals surface area contributed by atoms with Crippen LogP contribution in [0.15, 0.2) is 48.5 Å². The lowest BCUT2D eigenvalue weighted by molar-refractivity contribution is -0.154. The number of benzene rings is 2. The van der Waals surface area contributed by atoms with E-state index >= 15 is 0 Å². The van der Waals surface area contributed by atoms with Crippen LogP contribution in [0.2, 0.25) is 0 Å². The molecule has 1 aromatic heterocycles. The predicted molar refractivity (Wildman–Crippen MR) is 129 cm³/mol. The standard InChI is InChI=1S/C25H23N3O6S/c1-14-21(22(29)28-10-11-33-20(12-28)23(30)31)35-24(26-14)27-25(32)34-13-19-17-8-4-2-6-15(17)16-7-3-5-9-18(16)19/h2-9,19-20H,10-13H2,1H3,(H,30,31)(H,26,27,32). The molecule has 2 aromatic carbocycles. The van der Waals surface area contributed by atoms with Gasteiger partial charge in [0.25, 0.3) is 5.91 Å². The smallest absolute Gasteiger partial charge is 0.413 e. The molecule has 10 heteroatoms. The highest BCUT2D eigenvalue weighted by Gasteiger charge is 2.32. The third-order valence-electron chi connectivity index (χ3n) is 6.17. The highest BCUT2D eigenvalue weighted by molar-refractivity contribution is 7.17. The van der Waals surface area contributed by atoms with Gasteiger partial charge in [-0.2, -0.15) is 0 Å². The summed E-state index contributed by atoms with van der Waals surface area (Å²) in [5.74, 6) is -1.51. The molecule has 35 heavy (non-hydrogen) atoms. The van der Waals surface area contributed by atoms with Gasteiger partial charge in [0.2, 0.25) is 0 Å². The summed E-state index contributed by atoms with van der Waals surface area (Å²) in [4.78, 5) is 42.7. The van der Waals surface area contributed by atoms with Gasteiger partial charge in [-0.15, -0.1) is 0 Å². The molecular formula is C25H23N3O6S. The molecule has 9 nitrogen and oxygen atoms in total. The van der Waals surface area contributed by atoms with E-state index in [0.717, 1.165) is 33.6 Å². The molecular weight excluding hydrogens is 470 g/mol. The van der Waals surface area contributed by atoms with E-state index in [2.05, 4.69) is 22.4 Å². The molecule has 2 N–H and O–H groups in total. The number of nitrogens with zero attached hydrogens (tertiary/aromatic N) is 2. The van der Waals surface area contributed by atoms with Crippen molar-refractivity contribution in [1.82, 2.24) is 9.88 Å². The number of morpholine rings is 1. The Hall–Kier alpha value is -3.76. The fourth-order valence-electron chi connectivity index (χ4n) is 4.50. The van der Waals surface area contributed by atoms with Crippen LogP contribution in [-0.4, -0.2) is 65.4 Å². The van der Waals surface area contributed by atoms with Crippen molar-refractivity contribution in [3.63, 3.8) is 0 Å². The van der Waals surface area contributed by atoms with Gasteiger partial charge in [-0.25, -0.2) is 14.6 Å². The van der Waals surface area contributed by atoms with Crippen LogP contribution in [-0.2, 0) is 14.3 Å². The lowest BCUT2D eigenvalue weighted by Crippen LogP contribution is -2.48. The van der Waals surface area contributed by atoms with Crippen molar-refractivity contribution < 1.29 is 29.0 Å². The monoisotopic (exact) mass is 493 g/mol. The van der Waals surface area contributed by atoms with E-state index in [-0.39, 0.29) is 43.3 Å². The molecule has 1 unspecified atom stereocenters. The van der Waals surface area contributed by atoms with Crippen LogP contribution >= 0.6 is 11.3 Å². The van der Waals surface area contributed by atoms with E-state index in [1.165, 1.54) is 4.90 Å². The Labute approximate surface area is 205 Å². The fourth-order valence-corrected chi connectivity index (χ4v) is 5.42. The number of hydrogen-bond acceptors (Lipinski definition) is 7. The van der Waals surface area contributed by atoms with Crippen molar-refractivity contribution >= 4 is 34.4 Å². The van der Waals surface area contributed by atoms with Crippen LogP contribution in [0.25, 0.3) is 11.1 Å². The number of aryl methyl sites for hydroxylation is 1. The van der Waals surface area contributed by atoms with Crippen LogP contribution in [0.3, 0.4) is 0 Å². The Morgan fingerprint density at radius 2 is 1.80 bits per heavy atom. The summed E-state index contributed by atoms with van der Waals surface area (Å²) in [6, 6.07) is 16.2. The van der Waals surface area contributed by atoms with Crippen LogP contribution in [0.4, 0.5) is 9.93 Å². The second-order valence-electron chi connectivity index (χ2n) is 8.33. The summed E-state index contributed by atoms with van der Waals surface area (Å²) in [6.07, 6.45) is -1.71.